The Balaban J connectivity index is 1.75. The van der Waals surface area contributed by atoms with E-state index in [1.54, 1.807) is 0 Å². The Hall–Kier alpha value is -1.26. The molecule has 3 rings (SSSR count). The zero-order valence-corrected chi connectivity index (χ0v) is 12.5. The molecule has 2 bridgehead atoms. The predicted octanol–water partition coefficient (Wildman–Crippen LogP) is 2.05. The normalized spacial score (nSPS) is 36.4. The average molecular weight is 280 g/mol. The van der Waals surface area contributed by atoms with Gasteiger partial charge in [0.25, 0.3) is 0 Å². The first kappa shape index (κ1) is 13.7. The first-order valence-electron chi connectivity index (χ1n) is 7.66. The summed E-state index contributed by atoms with van der Waals surface area (Å²) in [6.07, 6.45) is 4.26. The topological polar surface area (TPSA) is 58.6 Å². The van der Waals surface area contributed by atoms with Gasteiger partial charge in [-0.05, 0) is 46.5 Å². The summed E-state index contributed by atoms with van der Waals surface area (Å²) in [6, 6.07) is 0.733. The molecule has 1 N–H and O–H groups in total. The first-order chi connectivity index (χ1) is 9.35. The molecule has 0 aliphatic carbocycles. The quantitative estimate of drug-likeness (QED) is 0.739. The molecule has 0 spiro atoms. The van der Waals surface area contributed by atoms with Crippen LogP contribution in [0.2, 0.25) is 0 Å². The minimum absolute atomic E-state index is 0.163. The van der Waals surface area contributed by atoms with Crippen LogP contribution in [0.3, 0.4) is 0 Å². The Morgan fingerprint density at radius 2 is 2.05 bits per heavy atom. The maximum Gasteiger partial charge on any atom is 0.410 e. The fourth-order valence-corrected chi connectivity index (χ4v) is 4.04. The zero-order valence-electron chi connectivity index (χ0n) is 12.5. The molecule has 0 aromatic carbocycles. The predicted molar refractivity (Wildman–Crippen MR) is 74.2 cm³/mol. The Morgan fingerprint density at radius 1 is 1.30 bits per heavy atom. The van der Waals surface area contributed by atoms with Crippen molar-refractivity contribution in [1.29, 1.82) is 0 Å². The summed E-state index contributed by atoms with van der Waals surface area (Å²) in [6.45, 7) is 5.71. The van der Waals surface area contributed by atoms with Gasteiger partial charge in [0.05, 0.1) is 0 Å². The number of nitrogens with zero attached hydrogens (tertiary/aromatic N) is 1. The third-order valence-corrected chi connectivity index (χ3v) is 4.74. The van der Waals surface area contributed by atoms with Crippen molar-refractivity contribution in [1.82, 2.24) is 10.2 Å². The first-order valence-corrected chi connectivity index (χ1v) is 7.66. The molecule has 20 heavy (non-hydrogen) atoms. The molecule has 0 aromatic heterocycles. The summed E-state index contributed by atoms with van der Waals surface area (Å²) in [5.74, 6) is 0.565. The molecule has 3 fully saturated rings. The Labute approximate surface area is 120 Å². The average Bonchev–Trinajstić information content (AvgIpc) is 2.63. The number of carbonyl (C=O) groups excluding carboxylic acids is 2. The highest BCUT2D eigenvalue weighted by molar-refractivity contribution is 5.77. The Morgan fingerprint density at radius 3 is 2.75 bits per heavy atom. The fourth-order valence-electron chi connectivity index (χ4n) is 4.04. The monoisotopic (exact) mass is 280 g/mol. The van der Waals surface area contributed by atoms with Crippen molar-refractivity contribution >= 4 is 12.0 Å². The van der Waals surface area contributed by atoms with E-state index in [2.05, 4.69) is 5.32 Å². The van der Waals surface area contributed by atoms with E-state index in [9.17, 15) is 9.59 Å². The van der Waals surface area contributed by atoms with E-state index in [1.165, 1.54) is 0 Å². The summed E-state index contributed by atoms with van der Waals surface area (Å²) in [4.78, 5) is 25.9. The number of hydrogen-bond donors (Lipinski definition) is 1. The number of carbonyl (C=O) groups is 2. The third kappa shape index (κ3) is 2.38. The van der Waals surface area contributed by atoms with Crippen LogP contribution in [0.4, 0.5) is 4.79 Å². The third-order valence-electron chi connectivity index (χ3n) is 4.74. The van der Waals surface area contributed by atoms with Gasteiger partial charge < -0.3 is 15.0 Å². The van der Waals surface area contributed by atoms with E-state index < -0.39 is 5.60 Å². The van der Waals surface area contributed by atoms with Crippen molar-refractivity contribution < 1.29 is 14.3 Å². The maximum absolute atomic E-state index is 12.4. The van der Waals surface area contributed by atoms with Crippen LogP contribution in [0.25, 0.3) is 0 Å². The van der Waals surface area contributed by atoms with Crippen LogP contribution in [0.1, 0.15) is 52.9 Å². The van der Waals surface area contributed by atoms with E-state index in [0.717, 1.165) is 25.7 Å². The lowest BCUT2D eigenvalue weighted by Crippen LogP contribution is -2.60. The van der Waals surface area contributed by atoms with E-state index in [-0.39, 0.29) is 30.1 Å². The molecule has 3 heterocycles. The summed E-state index contributed by atoms with van der Waals surface area (Å²) in [5.41, 5.74) is -0.450. The van der Waals surface area contributed by atoms with E-state index in [4.69, 9.17) is 4.74 Å². The second-order valence-electron chi connectivity index (χ2n) is 7.30. The van der Waals surface area contributed by atoms with Gasteiger partial charge in [0.2, 0.25) is 5.91 Å². The standard InChI is InChI=1S/C15H24N2O3/c1-15(2,3)20-14(19)17-9-4-6-12(17)10-5-7-13(18)16-11(10)8-9/h9-12H,4-8H2,1-3H3,(H,16,18). The lowest BCUT2D eigenvalue weighted by atomic mass is 9.80. The number of hydrogen-bond acceptors (Lipinski definition) is 3. The van der Waals surface area contributed by atoms with Gasteiger partial charge >= 0.3 is 6.09 Å². The van der Waals surface area contributed by atoms with Crippen LogP contribution in [0.5, 0.6) is 0 Å². The Bertz CT molecular complexity index is 429. The summed E-state index contributed by atoms with van der Waals surface area (Å²) >= 11 is 0. The van der Waals surface area contributed by atoms with Gasteiger partial charge in [0, 0.05) is 30.5 Å². The zero-order chi connectivity index (χ0) is 14.5. The molecular weight excluding hydrogens is 256 g/mol. The van der Waals surface area contributed by atoms with Gasteiger partial charge in [-0.3, -0.25) is 4.79 Å². The molecular formula is C15H24N2O3. The van der Waals surface area contributed by atoms with Crippen LogP contribution in [-0.2, 0) is 9.53 Å². The minimum atomic E-state index is -0.450. The van der Waals surface area contributed by atoms with Crippen molar-refractivity contribution in [2.24, 2.45) is 5.92 Å². The van der Waals surface area contributed by atoms with Gasteiger partial charge in [-0.25, -0.2) is 4.79 Å². The highest BCUT2D eigenvalue weighted by atomic mass is 16.6. The van der Waals surface area contributed by atoms with Gasteiger partial charge in [0.15, 0.2) is 0 Å². The van der Waals surface area contributed by atoms with Crippen LogP contribution in [-0.4, -0.2) is 40.6 Å². The minimum Gasteiger partial charge on any atom is -0.444 e. The molecule has 3 aliphatic rings. The number of rotatable bonds is 0. The van der Waals surface area contributed by atoms with Crippen molar-refractivity contribution in [3.05, 3.63) is 0 Å². The number of piperidine rings is 2. The largest absolute Gasteiger partial charge is 0.444 e. The van der Waals surface area contributed by atoms with Crippen molar-refractivity contribution in [2.45, 2.75) is 76.6 Å². The van der Waals surface area contributed by atoms with E-state index in [0.29, 0.717) is 12.3 Å². The van der Waals surface area contributed by atoms with Crippen molar-refractivity contribution in [3.8, 4) is 0 Å². The molecule has 4 atom stereocenters. The van der Waals surface area contributed by atoms with Gasteiger partial charge in [-0.15, -0.1) is 0 Å². The van der Waals surface area contributed by atoms with Crippen molar-refractivity contribution in [2.75, 3.05) is 0 Å². The molecule has 3 aliphatic heterocycles. The summed E-state index contributed by atoms with van der Waals surface area (Å²) < 4.78 is 5.56. The lowest BCUT2D eigenvalue weighted by molar-refractivity contribution is -0.126. The van der Waals surface area contributed by atoms with Crippen LogP contribution >= 0.6 is 0 Å². The molecule has 0 aromatic rings. The van der Waals surface area contributed by atoms with Crippen LogP contribution < -0.4 is 5.32 Å². The highest BCUT2D eigenvalue weighted by Crippen LogP contribution is 2.43. The highest BCUT2D eigenvalue weighted by Gasteiger charge is 2.51. The smallest absolute Gasteiger partial charge is 0.410 e. The number of nitrogens with one attached hydrogen (secondary N) is 1. The molecule has 112 valence electrons. The molecule has 5 heteroatoms. The van der Waals surface area contributed by atoms with Crippen LogP contribution in [0.15, 0.2) is 0 Å². The van der Waals surface area contributed by atoms with Gasteiger partial charge in [-0.1, -0.05) is 0 Å². The SMILES string of the molecule is CC(C)(C)OC(=O)N1C2CCC1C1CCC(=O)NC1C2. The second-order valence-corrected chi connectivity index (χ2v) is 7.30. The molecule has 2 amide bonds. The summed E-state index contributed by atoms with van der Waals surface area (Å²) in [7, 11) is 0. The molecule has 5 nitrogen and oxygen atoms in total. The Kier molecular flexibility index (Phi) is 3.18. The molecule has 0 saturated carbocycles. The molecule has 3 saturated heterocycles. The van der Waals surface area contributed by atoms with E-state index >= 15 is 0 Å². The molecule has 0 radical (unpaired) electrons. The lowest BCUT2D eigenvalue weighted by Gasteiger charge is -2.46. The number of fused-ring (bicyclic) bond motifs is 4. The van der Waals surface area contributed by atoms with Gasteiger partial charge in [-0.2, -0.15) is 0 Å². The number of amides is 2. The number of ether oxygens (including phenoxy) is 1. The second kappa shape index (κ2) is 4.64. The van der Waals surface area contributed by atoms with Gasteiger partial charge in [0.1, 0.15) is 5.60 Å². The maximum atomic E-state index is 12.4. The summed E-state index contributed by atoms with van der Waals surface area (Å²) in [5, 5.41) is 3.11. The fraction of sp³-hybridized carbons (Fsp3) is 0.867. The van der Waals surface area contributed by atoms with E-state index in [1.807, 2.05) is 25.7 Å². The van der Waals surface area contributed by atoms with Crippen molar-refractivity contribution in [3.63, 3.8) is 0 Å². The van der Waals surface area contributed by atoms with Crippen LogP contribution in [0, 0.1) is 5.92 Å². The molecule has 4 unspecified atom stereocenters.